The lowest BCUT2D eigenvalue weighted by Gasteiger charge is -2.33. The monoisotopic (exact) mass is 240 g/mol. The predicted molar refractivity (Wildman–Crippen MR) is 63.8 cm³/mol. The molecule has 1 aromatic rings. The first-order valence-electron chi connectivity index (χ1n) is 6.14. The molecule has 1 aliphatic carbocycles. The van der Waals surface area contributed by atoms with Crippen molar-refractivity contribution in [3.05, 3.63) is 23.9 Å². The number of rotatable bonds is 3. The van der Waals surface area contributed by atoms with E-state index in [0.717, 1.165) is 25.1 Å². The van der Waals surface area contributed by atoms with Gasteiger partial charge in [-0.05, 0) is 18.3 Å². The Morgan fingerprint density at radius 1 is 1.29 bits per heavy atom. The van der Waals surface area contributed by atoms with Crippen LogP contribution in [0.25, 0.3) is 0 Å². The molecule has 0 amide bonds. The fourth-order valence-corrected chi connectivity index (χ4v) is 2.42. The van der Waals surface area contributed by atoms with Crippen molar-refractivity contribution in [2.45, 2.75) is 39.0 Å². The van der Waals surface area contributed by atoms with Crippen LogP contribution in [0.4, 0.5) is 14.6 Å². The lowest BCUT2D eigenvalue weighted by molar-refractivity contribution is 0.233. The molecule has 0 bridgehead atoms. The van der Waals surface area contributed by atoms with Gasteiger partial charge < -0.3 is 5.32 Å². The van der Waals surface area contributed by atoms with Crippen molar-refractivity contribution in [1.82, 2.24) is 4.98 Å². The highest BCUT2D eigenvalue weighted by Crippen LogP contribution is 2.35. The second-order valence-electron chi connectivity index (χ2n) is 5.21. The molecule has 1 N–H and O–H groups in total. The average Bonchev–Trinajstić information content (AvgIpc) is 2.29. The van der Waals surface area contributed by atoms with E-state index in [2.05, 4.69) is 17.2 Å². The SMILES string of the molecule is CC1(CNc2ncc(F)cc2F)CCCCC1. The van der Waals surface area contributed by atoms with Gasteiger partial charge in [-0.1, -0.05) is 26.2 Å². The highest BCUT2D eigenvalue weighted by molar-refractivity contribution is 5.36. The zero-order valence-electron chi connectivity index (χ0n) is 10.1. The smallest absolute Gasteiger partial charge is 0.168 e. The molecule has 94 valence electrons. The Hall–Kier alpha value is -1.19. The topological polar surface area (TPSA) is 24.9 Å². The van der Waals surface area contributed by atoms with E-state index in [0.29, 0.717) is 6.54 Å². The van der Waals surface area contributed by atoms with Crippen LogP contribution in [0.3, 0.4) is 0 Å². The van der Waals surface area contributed by atoms with Crippen molar-refractivity contribution < 1.29 is 8.78 Å². The van der Waals surface area contributed by atoms with Crippen molar-refractivity contribution in [3.63, 3.8) is 0 Å². The molecule has 0 aromatic carbocycles. The zero-order valence-corrected chi connectivity index (χ0v) is 10.1. The van der Waals surface area contributed by atoms with Crippen LogP contribution in [0, 0.1) is 17.0 Å². The van der Waals surface area contributed by atoms with Crippen LogP contribution >= 0.6 is 0 Å². The average molecular weight is 240 g/mol. The molecule has 1 aliphatic rings. The van der Waals surface area contributed by atoms with E-state index < -0.39 is 11.6 Å². The maximum atomic E-state index is 13.4. The van der Waals surface area contributed by atoms with Crippen LogP contribution in [0.2, 0.25) is 0 Å². The minimum absolute atomic E-state index is 0.151. The summed E-state index contributed by atoms with van der Waals surface area (Å²) < 4.78 is 26.1. The first-order valence-corrected chi connectivity index (χ1v) is 6.14. The van der Waals surface area contributed by atoms with E-state index in [4.69, 9.17) is 0 Å². The number of aromatic nitrogens is 1. The molecule has 1 fully saturated rings. The van der Waals surface area contributed by atoms with Crippen LogP contribution in [-0.2, 0) is 0 Å². The van der Waals surface area contributed by atoms with Crippen LogP contribution in [-0.4, -0.2) is 11.5 Å². The molecule has 0 atom stereocenters. The van der Waals surface area contributed by atoms with Gasteiger partial charge in [0.25, 0.3) is 0 Å². The Labute approximate surface area is 100 Å². The third-order valence-electron chi connectivity index (χ3n) is 3.55. The molecule has 1 heterocycles. The Morgan fingerprint density at radius 2 is 2.00 bits per heavy atom. The first kappa shape index (κ1) is 12.3. The molecule has 0 spiro atoms. The number of hydrogen-bond acceptors (Lipinski definition) is 2. The van der Waals surface area contributed by atoms with E-state index in [9.17, 15) is 8.78 Å². The van der Waals surface area contributed by atoms with Crippen molar-refractivity contribution in [1.29, 1.82) is 0 Å². The maximum absolute atomic E-state index is 13.4. The molecule has 2 nitrogen and oxygen atoms in total. The number of nitrogens with one attached hydrogen (secondary N) is 1. The number of pyridine rings is 1. The summed E-state index contributed by atoms with van der Waals surface area (Å²) in [5.41, 5.74) is 0.209. The summed E-state index contributed by atoms with van der Waals surface area (Å²) in [4.78, 5) is 3.73. The summed E-state index contributed by atoms with van der Waals surface area (Å²) in [5, 5.41) is 3.00. The standard InChI is InChI=1S/C13H18F2N2/c1-13(5-3-2-4-6-13)9-17-12-11(15)7-10(14)8-16-12/h7-8H,2-6,9H2,1H3,(H,16,17). The summed E-state index contributed by atoms with van der Waals surface area (Å²) in [6, 6.07) is 0.860. The third kappa shape index (κ3) is 3.14. The minimum atomic E-state index is -0.642. The van der Waals surface area contributed by atoms with E-state index in [1.807, 2.05) is 0 Å². The number of anilines is 1. The van der Waals surface area contributed by atoms with Gasteiger partial charge in [0.1, 0.15) is 5.82 Å². The fraction of sp³-hybridized carbons (Fsp3) is 0.615. The Morgan fingerprint density at radius 3 is 2.65 bits per heavy atom. The first-order chi connectivity index (χ1) is 8.09. The normalized spacial score (nSPS) is 19.0. The third-order valence-corrected chi connectivity index (χ3v) is 3.55. The molecule has 1 saturated carbocycles. The van der Waals surface area contributed by atoms with Crippen molar-refractivity contribution in [2.75, 3.05) is 11.9 Å². The van der Waals surface area contributed by atoms with Gasteiger partial charge >= 0.3 is 0 Å². The van der Waals surface area contributed by atoms with Gasteiger partial charge in [0, 0.05) is 12.6 Å². The molecule has 0 saturated heterocycles. The van der Waals surface area contributed by atoms with Gasteiger partial charge in [-0.2, -0.15) is 0 Å². The minimum Gasteiger partial charge on any atom is -0.367 e. The van der Waals surface area contributed by atoms with Crippen molar-refractivity contribution in [2.24, 2.45) is 5.41 Å². The van der Waals surface area contributed by atoms with E-state index in [-0.39, 0.29) is 11.2 Å². The quantitative estimate of drug-likeness (QED) is 0.870. The number of nitrogens with zero attached hydrogens (tertiary/aromatic N) is 1. The molecule has 0 radical (unpaired) electrons. The highest BCUT2D eigenvalue weighted by Gasteiger charge is 2.26. The van der Waals surface area contributed by atoms with E-state index in [1.54, 1.807) is 0 Å². The van der Waals surface area contributed by atoms with Crippen molar-refractivity contribution in [3.8, 4) is 0 Å². The second kappa shape index (κ2) is 4.98. The second-order valence-corrected chi connectivity index (χ2v) is 5.21. The van der Waals surface area contributed by atoms with Gasteiger partial charge in [-0.25, -0.2) is 13.8 Å². The number of hydrogen-bond donors (Lipinski definition) is 1. The van der Waals surface area contributed by atoms with Crippen LogP contribution in [0.5, 0.6) is 0 Å². The van der Waals surface area contributed by atoms with Crippen LogP contribution < -0.4 is 5.32 Å². The largest absolute Gasteiger partial charge is 0.367 e. The van der Waals surface area contributed by atoms with Gasteiger partial charge in [0.15, 0.2) is 11.6 Å². The summed E-state index contributed by atoms with van der Waals surface area (Å²) >= 11 is 0. The summed E-state index contributed by atoms with van der Waals surface area (Å²) in [5.74, 6) is -1.11. The lowest BCUT2D eigenvalue weighted by Crippen LogP contribution is -2.29. The number of halogens is 2. The molecule has 0 unspecified atom stereocenters. The van der Waals surface area contributed by atoms with Crippen LogP contribution in [0.1, 0.15) is 39.0 Å². The molecule has 4 heteroatoms. The maximum Gasteiger partial charge on any atom is 0.168 e. The summed E-state index contributed by atoms with van der Waals surface area (Å²) in [6.45, 7) is 2.91. The highest BCUT2D eigenvalue weighted by atomic mass is 19.1. The summed E-state index contributed by atoms with van der Waals surface area (Å²) in [6.07, 6.45) is 7.11. The van der Waals surface area contributed by atoms with Gasteiger partial charge in [0.05, 0.1) is 6.20 Å². The predicted octanol–water partition coefficient (Wildman–Crippen LogP) is 3.74. The van der Waals surface area contributed by atoms with Gasteiger partial charge in [0.2, 0.25) is 0 Å². The molecule has 0 aliphatic heterocycles. The van der Waals surface area contributed by atoms with Crippen molar-refractivity contribution >= 4 is 5.82 Å². The molecule has 17 heavy (non-hydrogen) atoms. The lowest BCUT2D eigenvalue weighted by atomic mass is 9.76. The zero-order chi connectivity index (χ0) is 12.3. The van der Waals surface area contributed by atoms with Crippen LogP contribution in [0.15, 0.2) is 12.3 Å². The van der Waals surface area contributed by atoms with Gasteiger partial charge in [-0.15, -0.1) is 0 Å². The Balaban J connectivity index is 1.97. The Bertz CT molecular complexity index is 387. The summed E-state index contributed by atoms with van der Waals surface area (Å²) in [7, 11) is 0. The molecule has 2 rings (SSSR count). The molecular weight excluding hydrogens is 222 g/mol. The molecule has 1 aromatic heterocycles. The van der Waals surface area contributed by atoms with E-state index >= 15 is 0 Å². The molecular formula is C13H18F2N2. The fourth-order valence-electron chi connectivity index (χ4n) is 2.42. The van der Waals surface area contributed by atoms with Gasteiger partial charge in [-0.3, -0.25) is 0 Å². The Kier molecular flexibility index (Phi) is 3.60. The van der Waals surface area contributed by atoms with E-state index in [1.165, 1.54) is 19.3 Å².